The van der Waals surface area contributed by atoms with E-state index in [-0.39, 0.29) is 12.0 Å². The van der Waals surface area contributed by atoms with E-state index in [2.05, 4.69) is 32.0 Å². The summed E-state index contributed by atoms with van der Waals surface area (Å²) in [4.78, 5) is 29.2. The van der Waals surface area contributed by atoms with Gasteiger partial charge >= 0.3 is 6.09 Å². The van der Waals surface area contributed by atoms with Gasteiger partial charge in [0.05, 0.1) is 5.75 Å². The molecule has 1 saturated heterocycles. The lowest BCUT2D eigenvalue weighted by Gasteiger charge is -2.35. The minimum atomic E-state index is -0.494. The van der Waals surface area contributed by atoms with E-state index in [1.54, 1.807) is 16.7 Å². The summed E-state index contributed by atoms with van der Waals surface area (Å²) in [6.45, 7) is 11.9. The Morgan fingerprint density at radius 2 is 1.68 bits per heavy atom. The molecule has 25 heavy (non-hydrogen) atoms. The maximum atomic E-state index is 12.4. The fraction of sp³-hybridized carbons (Fsp3) is 0.579. The summed E-state index contributed by atoms with van der Waals surface area (Å²) in [5, 5.41) is 0. The number of thioether (sulfide) groups is 1. The zero-order chi connectivity index (χ0) is 18.6. The number of carbonyl (C=O) groups is 2. The van der Waals surface area contributed by atoms with Crippen LogP contribution in [0.5, 0.6) is 0 Å². The number of hydrogen-bond acceptors (Lipinski definition) is 4. The maximum Gasteiger partial charge on any atom is 0.410 e. The Labute approximate surface area is 154 Å². The summed E-state index contributed by atoms with van der Waals surface area (Å²) >= 11 is 1.58. The summed E-state index contributed by atoms with van der Waals surface area (Å²) in [6.07, 6.45) is -0.302. The average Bonchev–Trinajstić information content (AvgIpc) is 2.54. The Morgan fingerprint density at radius 1 is 1.08 bits per heavy atom. The minimum Gasteiger partial charge on any atom is -0.444 e. The number of nitrogens with zero attached hydrogens (tertiary/aromatic N) is 2. The van der Waals surface area contributed by atoms with Gasteiger partial charge in [-0.2, -0.15) is 0 Å². The molecular weight excluding hydrogens is 336 g/mol. The summed E-state index contributed by atoms with van der Waals surface area (Å²) in [5.74, 6) is 0.547. The topological polar surface area (TPSA) is 49.9 Å². The van der Waals surface area contributed by atoms with Crippen molar-refractivity contribution in [1.29, 1.82) is 0 Å². The van der Waals surface area contributed by atoms with Crippen LogP contribution in [0.2, 0.25) is 0 Å². The molecule has 0 saturated carbocycles. The molecule has 0 aliphatic carbocycles. The first-order valence-electron chi connectivity index (χ1n) is 8.61. The van der Waals surface area contributed by atoms with Crippen molar-refractivity contribution >= 4 is 23.8 Å². The highest BCUT2D eigenvalue weighted by Crippen LogP contribution is 2.24. The first kappa shape index (κ1) is 19.6. The van der Waals surface area contributed by atoms with Crippen LogP contribution in [0.4, 0.5) is 4.79 Å². The summed E-state index contributed by atoms with van der Waals surface area (Å²) in [6, 6.07) is 6.28. The number of benzene rings is 1. The number of rotatable bonds is 3. The van der Waals surface area contributed by atoms with Crippen molar-refractivity contribution in [3.8, 4) is 0 Å². The molecule has 1 aromatic rings. The molecule has 1 aromatic carbocycles. The van der Waals surface area contributed by atoms with Crippen LogP contribution >= 0.6 is 11.8 Å². The van der Waals surface area contributed by atoms with Crippen molar-refractivity contribution in [3.63, 3.8) is 0 Å². The molecule has 0 aromatic heterocycles. The van der Waals surface area contributed by atoms with Crippen LogP contribution in [0, 0.1) is 13.8 Å². The van der Waals surface area contributed by atoms with E-state index in [1.165, 1.54) is 11.1 Å². The van der Waals surface area contributed by atoms with E-state index in [0.29, 0.717) is 31.9 Å². The number of piperazine rings is 1. The van der Waals surface area contributed by atoms with Crippen LogP contribution in [0.3, 0.4) is 0 Å². The fourth-order valence-electron chi connectivity index (χ4n) is 2.56. The van der Waals surface area contributed by atoms with Crippen LogP contribution in [-0.2, 0) is 9.53 Å². The number of ether oxygens (including phenoxy) is 1. The Hall–Kier alpha value is -1.69. The molecule has 2 rings (SSSR count). The molecule has 1 fully saturated rings. The molecule has 0 bridgehead atoms. The van der Waals surface area contributed by atoms with Crippen molar-refractivity contribution in [2.75, 3.05) is 31.9 Å². The molecule has 6 heteroatoms. The van der Waals surface area contributed by atoms with Crippen molar-refractivity contribution in [1.82, 2.24) is 9.80 Å². The predicted octanol–water partition coefficient (Wildman–Crippen LogP) is 3.47. The van der Waals surface area contributed by atoms with E-state index >= 15 is 0 Å². The lowest BCUT2D eigenvalue weighted by atomic mass is 10.2. The minimum absolute atomic E-state index is 0.120. The van der Waals surface area contributed by atoms with Gasteiger partial charge in [0.15, 0.2) is 0 Å². The zero-order valence-electron chi connectivity index (χ0n) is 15.8. The standard InChI is InChI=1S/C19H28N2O3S/c1-14-6-7-15(2)16(12-14)25-13-17(22)20-8-10-21(11-9-20)18(23)24-19(3,4)5/h6-7,12H,8-11,13H2,1-5H3. The third-order valence-corrected chi connectivity index (χ3v) is 5.12. The number of hydrogen-bond donors (Lipinski definition) is 0. The monoisotopic (exact) mass is 364 g/mol. The van der Waals surface area contributed by atoms with Gasteiger partial charge < -0.3 is 14.5 Å². The van der Waals surface area contributed by atoms with Gasteiger partial charge in [-0.1, -0.05) is 17.7 Å². The zero-order valence-corrected chi connectivity index (χ0v) is 16.6. The van der Waals surface area contributed by atoms with Gasteiger partial charge in [-0.05, 0) is 46.2 Å². The third-order valence-electron chi connectivity index (χ3n) is 3.98. The van der Waals surface area contributed by atoms with E-state index in [0.717, 1.165) is 4.90 Å². The normalized spacial score (nSPS) is 15.2. The number of aryl methyl sites for hydroxylation is 2. The molecule has 1 heterocycles. The van der Waals surface area contributed by atoms with E-state index < -0.39 is 5.60 Å². The van der Waals surface area contributed by atoms with E-state index in [9.17, 15) is 9.59 Å². The molecule has 0 spiro atoms. The predicted molar refractivity (Wildman–Crippen MR) is 101 cm³/mol. The van der Waals surface area contributed by atoms with Crippen molar-refractivity contribution in [2.24, 2.45) is 0 Å². The Balaban J connectivity index is 1.81. The molecule has 1 aliphatic rings. The molecular formula is C19H28N2O3S. The number of amides is 2. The summed E-state index contributed by atoms with van der Waals surface area (Å²) in [5.41, 5.74) is 1.90. The smallest absolute Gasteiger partial charge is 0.410 e. The molecule has 0 N–H and O–H groups in total. The average molecular weight is 365 g/mol. The van der Waals surface area contributed by atoms with Gasteiger partial charge in [0, 0.05) is 31.1 Å². The quantitative estimate of drug-likeness (QED) is 0.771. The van der Waals surface area contributed by atoms with Gasteiger partial charge in [-0.25, -0.2) is 4.79 Å². The second kappa shape index (κ2) is 8.13. The first-order chi connectivity index (χ1) is 11.7. The van der Waals surface area contributed by atoms with Gasteiger partial charge in [-0.3, -0.25) is 4.79 Å². The van der Waals surface area contributed by atoms with Crippen molar-refractivity contribution < 1.29 is 14.3 Å². The molecule has 138 valence electrons. The van der Waals surface area contributed by atoms with Gasteiger partial charge in [0.1, 0.15) is 5.60 Å². The van der Waals surface area contributed by atoms with Crippen LogP contribution in [0.1, 0.15) is 31.9 Å². The van der Waals surface area contributed by atoms with E-state index in [4.69, 9.17) is 4.74 Å². The second-order valence-corrected chi connectivity index (χ2v) is 8.42. The summed E-state index contributed by atoms with van der Waals surface area (Å²) < 4.78 is 5.38. The Bertz CT molecular complexity index is 632. The van der Waals surface area contributed by atoms with Crippen LogP contribution < -0.4 is 0 Å². The fourth-order valence-corrected chi connectivity index (χ4v) is 3.58. The SMILES string of the molecule is Cc1ccc(C)c(SCC(=O)N2CCN(C(=O)OC(C)(C)C)CC2)c1. The van der Waals surface area contributed by atoms with E-state index in [1.807, 2.05) is 25.7 Å². The lowest BCUT2D eigenvalue weighted by Crippen LogP contribution is -2.52. The maximum absolute atomic E-state index is 12.4. The third kappa shape index (κ3) is 5.96. The van der Waals surface area contributed by atoms with Crippen LogP contribution in [0.15, 0.2) is 23.1 Å². The highest BCUT2D eigenvalue weighted by molar-refractivity contribution is 8.00. The van der Waals surface area contributed by atoms with Crippen LogP contribution in [0.25, 0.3) is 0 Å². The van der Waals surface area contributed by atoms with Gasteiger partial charge in [0.2, 0.25) is 5.91 Å². The molecule has 0 unspecified atom stereocenters. The van der Waals surface area contributed by atoms with Crippen molar-refractivity contribution in [2.45, 2.75) is 45.1 Å². The van der Waals surface area contributed by atoms with Gasteiger partial charge in [0.25, 0.3) is 0 Å². The molecule has 2 amide bonds. The Kier molecular flexibility index (Phi) is 6.38. The largest absolute Gasteiger partial charge is 0.444 e. The lowest BCUT2D eigenvalue weighted by molar-refractivity contribution is -0.130. The van der Waals surface area contributed by atoms with Crippen molar-refractivity contribution in [3.05, 3.63) is 29.3 Å². The molecule has 5 nitrogen and oxygen atoms in total. The molecule has 1 aliphatic heterocycles. The summed E-state index contributed by atoms with van der Waals surface area (Å²) in [7, 11) is 0. The first-order valence-corrected chi connectivity index (χ1v) is 9.60. The second-order valence-electron chi connectivity index (χ2n) is 7.41. The highest BCUT2D eigenvalue weighted by atomic mass is 32.2. The number of carbonyl (C=O) groups excluding carboxylic acids is 2. The highest BCUT2D eigenvalue weighted by Gasteiger charge is 2.27. The molecule has 0 atom stereocenters. The van der Waals surface area contributed by atoms with Crippen LogP contribution in [-0.4, -0.2) is 59.3 Å². The Morgan fingerprint density at radius 3 is 2.28 bits per heavy atom. The molecule has 0 radical (unpaired) electrons. The van der Waals surface area contributed by atoms with Gasteiger partial charge in [-0.15, -0.1) is 11.8 Å².